The third kappa shape index (κ3) is 4.65. The molecule has 0 unspecified atom stereocenters. The Morgan fingerprint density at radius 2 is 1.93 bits per heavy atom. The van der Waals surface area contributed by atoms with Gasteiger partial charge in [0.15, 0.2) is 11.5 Å². The number of fused-ring (bicyclic) bond motifs is 2. The van der Waals surface area contributed by atoms with Crippen LogP contribution in [0.4, 0.5) is 10.2 Å². The number of carbonyl (C=O) groups excluding carboxylic acids is 1. The second-order valence-corrected chi connectivity index (χ2v) is 9.28. The molecule has 0 saturated carbocycles. The van der Waals surface area contributed by atoms with Crippen LogP contribution >= 0.6 is 0 Å². The van der Waals surface area contributed by atoms with Crippen molar-refractivity contribution in [2.24, 2.45) is 7.05 Å². The smallest absolute Gasteiger partial charge is 0.267 e. The third-order valence-electron chi connectivity index (χ3n) is 6.44. The summed E-state index contributed by atoms with van der Waals surface area (Å²) in [5.74, 6) is 5.31. The summed E-state index contributed by atoms with van der Waals surface area (Å²) >= 11 is 0. The lowest BCUT2D eigenvalue weighted by Crippen LogP contribution is -2.33. The van der Waals surface area contributed by atoms with Gasteiger partial charge in [-0.2, -0.15) is 5.10 Å². The van der Waals surface area contributed by atoms with Gasteiger partial charge in [-0.25, -0.2) is 18.9 Å². The summed E-state index contributed by atoms with van der Waals surface area (Å²) in [7, 11) is 1.79. The highest BCUT2D eigenvalue weighted by atomic mass is 19.1. The summed E-state index contributed by atoms with van der Waals surface area (Å²) in [5, 5.41) is 11.4. The maximum Gasteiger partial charge on any atom is 0.267 e. The minimum absolute atomic E-state index is 0.00706. The highest BCUT2D eigenvalue weighted by Gasteiger charge is 2.25. The predicted molar refractivity (Wildman–Crippen MR) is 150 cm³/mol. The quantitative estimate of drug-likeness (QED) is 0.324. The highest BCUT2D eigenvalue weighted by Crippen LogP contribution is 2.22. The van der Waals surface area contributed by atoms with Crippen molar-refractivity contribution in [2.45, 2.75) is 13.0 Å². The molecule has 4 aromatic heterocycles. The van der Waals surface area contributed by atoms with Gasteiger partial charge in [0, 0.05) is 31.2 Å². The van der Waals surface area contributed by atoms with Crippen LogP contribution in [0.15, 0.2) is 78.1 Å². The topological polar surface area (TPSA) is 138 Å². The lowest BCUT2D eigenvalue weighted by molar-refractivity contribution is 0.0940. The normalized spacial score (nSPS) is 11.8. The minimum atomic E-state index is -0.784. The fraction of sp³-hybridized carbons (Fsp3) is 0.103. The zero-order valence-corrected chi connectivity index (χ0v) is 21.9. The van der Waals surface area contributed by atoms with E-state index in [1.54, 1.807) is 61.5 Å². The molecule has 0 bridgehead atoms. The largest absolute Gasteiger partial charge is 0.381 e. The first kappa shape index (κ1) is 25.4. The zero-order chi connectivity index (χ0) is 28.7. The van der Waals surface area contributed by atoms with Gasteiger partial charge in [0.1, 0.15) is 17.2 Å². The molecule has 1 amide bonds. The van der Waals surface area contributed by atoms with Crippen molar-refractivity contribution in [1.29, 1.82) is 0 Å². The number of nitrogens with zero attached hydrogens (tertiary/aromatic N) is 7. The van der Waals surface area contributed by atoms with Gasteiger partial charge in [0.05, 0.1) is 34.4 Å². The number of nitrogens with two attached hydrogens (primary N) is 1. The Balaban J connectivity index is 1.49. The molecule has 12 heteroatoms. The van der Waals surface area contributed by atoms with Crippen LogP contribution in [0, 0.1) is 17.7 Å². The number of nitrogen functional groups attached to an aromatic ring is 1. The number of anilines is 1. The molecule has 11 nitrogen and oxygen atoms in total. The van der Waals surface area contributed by atoms with Gasteiger partial charge in [-0.05, 0) is 49.4 Å². The minimum Gasteiger partial charge on any atom is -0.381 e. The number of amides is 1. The molecule has 202 valence electrons. The van der Waals surface area contributed by atoms with Crippen LogP contribution in [0.25, 0.3) is 22.2 Å². The molecule has 4 heterocycles. The van der Waals surface area contributed by atoms with Crippen molar-refractivity contribution >= 4 is 28.3 Å². The standard InChI is InChI=1S/C29H22FN9O2/c1-17(34-28(40)24-25(31)36-38-14-4-13-32-27(24)38)26-35-22-6-3-5-19(8-7-18-15-33-37(2)16-18)23(22)29(41)39(26)21-11-9-20(30)10-12-21/h3-6,9-17H,1-2H3,(H2,31,36)(H,34,40)/t17-/m0/s1. The summed E-state index contributed by atoms with van der Waals surface area (Å²) in [4.78, 5) is 36.5. The van der Waals surface area contributed by atoms with E-state index in [-0.39, 0.29) is 28.2 Å². The zero-order valence-electron chi connectivity index (χ0n) is 21.9. The second kappa shape index (κ2) is 10.0. The van der Waals surface area contributed by atoms with Gasteiger partial charge >= 0.3 is 0 Å². The lowest BCUT2D eigenvalue weighted by atomic mass is 10.1. The van der Waals surface area contributed by atoms with Crippen LogP contribution in [0.2, 0.25) is 0 Å². The molecule has 0 radical (unpaired) electrons. The Morgan fingerprint density at radius 1 is 1.12 bits per heavy atom. The SMILES string of the molecule is C[C@H](NC(=O)c1c(N)nn2cccnc12)c1nc2cccc(C#Cc3cnn(C)c3)c2c(=O)n1-c1ccc(F)cc1. The Bertz CT molecular complexity index is 2080. The molecule has 0 aliphatic heterocycles. The van der Waals surface area contributed by atoms with E-state index >= 15 is 0 Å². The molecule has 41 heavy (non-hydrogen) atoms. The lowest BCUT2D eigenvalue weighted by Gasteiger charge is -2.20. The molecular formula is C29H22FN9O2. The number of hydrogen-bond acceptors (Lipinski definition) is 7. The Kier molecular flexibility index (Phi) is 6.24. The summed E-state index contributed by atoms with van der Waals surface area (Å²) < 4.78 is 18.2. The van der Waals surface area contributed by atoms with Crippen LogP contribution in [-0.4, -0.2) is 39.8 Å². The average molecular weight is 548 g/mol. The van der Waals surface area contributed by atoms with Gasteiger partial charge < -0.3 is 11.1 Å². The molecule has 0 aliphatic rings. The van der Waals surface area contributed by atoms with E-state index in [2.05, 4.69) is 32.3 Å². The van der Waals surface area contributed by atoms with E-state index < -0.39 is 23.3 Å². The summed E-state index contributed by atoms with van der Waals surface area (Å²) in [6.07, 6.45) is 6.55. The predicted octanol–water partition coefficient (Wildman–Crippen LogP) is 2.77. The van der Waals surface area contributed by atoms with E-state index in [1.807, 2.05) is 0 Å². The van der Waals surface area contributed by atoms with Gasteiger partial charge in [-0.15, -0.1) is 5.10 Å². The molecule has 6 rings (SSSR count). The fourth-order valence-corrected chi connectivity index (χ4v) is 4.56. The number of carbonyl (C=O) groups is 1. The number of nitrogens with one attached hydrogen (secondary N) is 1. The summed E-state index contributed by atoms with van der Waals surface area (Å²) in [6.45, 7) is 1.69. The second-order valence-electron chi connectivity index (χ2n) is 9.28. The third-order valence-corrected chi connectivity index (χ3v) is 6.44. The van der Waals surface area contributed by atoms with Crippen molar-refractivity contribution < 1.29 is 9.18 Å². The Labute approximate surface area is 232 Å². The number of rotatable bonds is 4. The number of halogens is 1. The van der Waals surface area contributed by atoms with E-state index in [1.165, 1.54) is 39.5 Å². The molecule has 0 saturated heterocycles. The van der Waals surface area contributed by atoms with Gasteiger partial charge in [-0.3, -0.25) is 18.8 Å². The molecule has 0 aliphatic carbocycles. The Morgan fingerprint density at radius 3 is 2.68 bits per heavy atom. The van der Waals surface area contributed by atoms with E-state index in [4.69, 9.17) is 10.7 Å². The van der Waals surface area contributed by atoms with Crippen LogP contribution < -0.4 is 16.6 Å². The number of aryl methyl sites for hydroxylation is 1. The van der Waals surface area contributed by atoms with E-state index in [0.29, 0.717) is 22.3 Å². The van der Waals surface area contributed by atoms with Gasteiger partial charge in [-0.1, -0.05) is 17.9 Å². The molecule has 0 fully saturated rings. The van der Waals surface area contributed by atoms with Crippen LogP contribution in [0.1, 0.15) is 40.3 Å². The summed E-state index contributed by atoms with van der Waals surface area (Å²) in [5.41, 5.74) is 7.90. The number of hydrogen-bond donors (Lipinski definition) is 2. The highest BCUT2D eigenvalue weighted by molar-refractivity contribution is 6.04. The van der Waals surface area contributed by atoms with Gasteiger partial charge in [0.25, 0.3) is 11.5 Å². The monoisotopic (exact) mass is 547 g/mol. The van der Waals surface area contributed by atoms with E-state index in [0.717, 1.165) is 0 Å². The van der Waals surface area contributed by atoms with Crippen molar-refractivity contribution in [3.05, 3.63) is 112 Å². The first-order chi connectivity index (χ1) is 19.8. The van der Waals surface area contributed by atoms with Crippen molar-refractivity contribution in [2.75, 3.05) is 5.73 Å². The maximum atomic E-state index is 14.1. The maximum absolute atomic E-state index is 14.1. The van der Waals surface area contributed by atoms with Crippen LogP contribution in [-0.2, 0) is 7.05 Å². The molecule has 2 aromatic carbocycles. The Hall–Kier alpha value is -5.83. The van der Waals surface area contributed by atoms with Crippen molar-refractivity contribution in [3.63, 3.8) is 0 Å². The first-order valence-electron chi connectivity index (χ1n) is 12.5. The first-order valence-corrected chi connectivity index (χ1v) is 12.5. The molecule has 6 aromatic rings. The molecule has 1 atom stereocenters. The van der Waals surface area contributed by atoms with Crippen molar-refractivity contribution in [3.8, 4) is 17.5 Å². The number of aromatic nitrogens is 7. The number of benzene rings is 2. The molecule has 3 N–H and O–H groups in total. The molecule has 0 spiro atoms. The van der Waals surface area contributed by atoms with Crippen LogP contribution in [0.5, 0.6) is 0 Å². The average Bonchev–Trinajstić information content (AvgIpc) is 3.53. The van der Waals surface area contributed by atoms with Gasteiger partial charge in [0.2, 0.25) is 0 Å². The van der Waals surface area contributed by atoms with E-state index in [9.17, 15) is 14.0 Å². The molecular weight excluding hydrogens is 525 g/mol. The fourth-order valence-electron chi connectivity index (χ4n) is 4.56. The summed E-state index contributed by atoms with van der Waals surface area (Å²) in [6, 6.07) is 11.5. The van der Waals surface area contributed by atoms with Crippen molar-refractivity contribution in [1.82, 2.24) is 39.2 Å². The van der Waals surface area contributed by atoms with Crippen LogP contribution in [0.3, 0.4) is 0 Å².